The van der Waals surface area contributed by atoms with Crippen molar-refractivity contribution in [2.75, 3.05) is 6.54 Å². The summed E-state index contributed by atoms with van der Waals surface area (Å²) in [6.07, 6.45) is 3.42. The number of nitrogens with one attached hydrogen (secondary N) is 1. The van der Waals surface area contributed by atoms with Gasteiger partial charge in [0.05, 0.1) is 0 Å². The molecule has 0 aliphatic heterocycles. The Morgan fingerprint density at radius 2 is 1.75 bits per heavy atom. The third-order valence-corrected chi connectivity index (χ3v) is 3.23. The molecule has 1 aromatic carbocycles. The van der Waals surface area contributed by atoms with Crippen LogP contribution in [0, 0.1) is 5.92 Å². The number of rotatable bonds is 9. The van der Waals surface area contributed by atoms with Gasteiger partial charge in [-0.25, -0.2) is 0 Å². The fourth-order valence-corrected chi connectivity index (χ4v) is 2.24. The van der Waals surface area contributed by atoms with Crippen molar-refractivity contribution in [3.8, 4) is 5.75 Å². The zero-order chi connectivity index (χ0) is 15.0. The average molecular weight is 285 g/mol. The minimum absolute atomic E-state index is 0.209. The van der Waals surface area contributed by atoms with Gasteiger partial charge in [-0.05, 0) is 36.6 Å². The zero-order valence-electron chi connectivity index (χ0n) is 12.5. The Morgan fingerprint density at radius 3 is 2.25 bits per heavy atom. The molecule has 20 heavy (non-hydrogen) atoms. The molecule has 0 saturated heterocycles. The van der Waals surface area contributed by atoms with E-state index in [0.29, 0.717) is 5.92 Å². The van der Waals surface area contributed by atoms with E-state index in [-0.39, 0.29) is 11.8 Å². The summed E-state index contributed by atoms with van der Waals surface area (Å²) >= 11 is 0. The van der Waals surface area contributed by atoms with Crippen LogP contribution in [0.1, 0.15) is 51.6 Å². The number of hydrogen-bond donors (Lipinski definition) is 1. The van der Waals surface area contributed by atoms with Crippen LogP contribution < -0.4 is 10.1 Å². The van der Waals surface area contributed by atoms with Gasteiger partial charge in [-0.15, -0.1) is 0 Å². The molecule has 0 amide bonds. The van der Waals surface area contributed by atoms with Gasteiger partial charge in [0, 0.05) is 6.04 Å². The highest BCUT2D eigenvalue weighted by Crippen LogP contribution is 2.23. The predicted octanol–water partition coefficient (Wildman–Crippen LogP) is 4.76. The van der Waals surface area contributed by atoms with Crippen molar-refractivity contribution in [1.82, 2.24) is 5.32 Å². The van der Waals surface area contributed by atoms with Crippen LogP contribution in [0.3, 0.4) is 0 Å². The number of ether oxygens (including phenoxy) is 1. The molecule has 1 atom stereocenters. The molecule has 1 rings (SSSR count). The fourth-order valence-electron chi connectivity index (χ4n) is 2.24. The first-order chi connectivity index (χ1) is 9.52. The largest absolute Gasteiger partial charge is 0.435 e. The molecule has 0 bridgehead atoms. The van der Waals surface area contributed by atoms with E-state index >= 15 is 0 Å². The molecule has 0 aromatic heterocycles. The third-order valence-electron chi connectivity index (χ3n) is 3.23. The summed E-state index contributed by atoms with van der Waals surface area (Å²) in [4.78, 5) is 0. The molecule has 114 valence electrons. The molecule has 2 nitrogen and oxygen atoms in total. The molecule has 0 heterocycles. The van der Waals surface area contributed by atoms with Crippen LogP contribution in [0.2, 0.25) is 0 Å². The van der Waals surface area contributed by atoms with Gasteiger partial charge in [-0.1, -0.05) is 45.7 Å². The zero-order valence-corrected chi connectivity index (χ0v) is 12.5. The Kier molecular flexibility index (Phi) is 7.52. The van der Waals surface area contributed by atoms with E-state index in [0.717, 1.165) is 24.9 Å². The maximum absolute atomic E-state index is 12.1. The fraction of sp³-hybridized carbons (Fsp3) is 0.625. The second-order valence-corrected chi connectivity index (χ2v) is 5.38. The Hall–Kier alpha value is -1.16. The van der Waals surface area contributed by atoms with E-state index in [1.54, 1.807) is 12.1 Å². The van der Waals surface area contributed by atoms with E-state index in [4.69, 9.17) is 0 Å². The van der Waals surface area contributed by atoms with Gasteiger partial charge in [-0.3, -0.25) is 0 Å². The van der Waals surface area contributed by atoms with Crippen LogP contribution in [0.25, 0.3) is 0 Å². The monoisotopic (exact) mass is 285 g/mol. The molecular formula is C16H25F2NO. The summed E-state index contributed by atoms with van der Waals surface area (Å²) in [7, 11) is 0. The van der Waals surface area contributed by atoms with Crippen molar-refractivity contribution < 1.29 is 13.5 Å². The first kappa shape index (κ1) is 16.9. The average Bonchev–Trinajstić information content (AvgIpc) is 2.37. The maximum atomic E-state index is 12.1. The molecule has 0 aliphatic rings. The molecule has 1 unspecified atom stereocenters. The molecular weight excluding hydrogens is 260 g/mol. The highest BCUT2D eigenvalue weighted by atomic mass is 19.3. The molecule has 1 aromatic rings. The van der Waals surface area contributed by atoms with Crippen LogP contribution in [0.15, 0.2) is 24.3 Å². The lowest BCUT2D eigenvalue weighted by molar-refractivity contribution is -0.0498. The van der Waals surface area contributed by atoms with Crippen molar-refractivity contribution in [2.24, 2.45) is 5.92 Å². The van der Waals surface area contributed by atoms with Gasteiger partial charge < -0.3 is 10.1 Å². The summed E-state index contributed by atoms with van der Waals surface area (Å²) in [6.45, 7) is 4.64. The van der Waals surface area contributed by atoms with Gasteiger partial charge >= 0.3 is 6.61 Å². The number of halogens is 2. The second kappa shape index (κ2) is 8.90. The number of benzene rings is 1. The van der Waals surface area contributed by atoms with Crippen molar-refractivity contribution in [1.29, 1.82) is 0 Å². The highest BCUT2D eigenvalue weighted by molar-refractivity contribution is 5.29. The van der Waals surface area contributed by atoms with Gasteiger partial charge in [0.15, 0.2) is 0 Å². The minimum Gasteiger partial charge on any atom is -0.435 e. The van der Waals surface area contributed by atoms with Crippen LogP contribution in [0.5, 0.6) is 5.75 Å². The SMILES string of the molecule is CCNC(CCCC(C)C)c1ccc(OC(F)F)cc1. The first-order valence-electron chi connectivity index (χ1n) is 7.31. The Bertz CT molecular complexity index is 365. The smallest absolute Gasteiger partial charge is 0.387 e. The van der Waals surface area contributed by atoms with Crippen molar-refractivity contribution >= 4 is 0 Å². The molecule has 0 aliphatic carbocycles. The molecule has 0 fully saturated rings. The first-order valence-corrected chi connectivity index (χ1v) is 7.31. The van der Waals surface area contributed by atoms with Gasteiger partial charge in [-0.2, -0.15) is 8.78 Å². The van der Waals surface area contributed by atoms with Crippen LogP contribution >= 0.6 is 0 Å². The van der Waals surface area contributed by atoms with Crippen LogP contribution in [0.4, 0.5) is 8.78 Å². The standard InChI is InChI=1S/C16H25F2NO/c1-4-19-15(7-5-6-12(2)3)13-8-10-14(11-9-13)20-16(17)18/h8-12,15-16,19H,4-7H2,1-3H3. The summed E-state index contributed by atoms with van der Waals surface area (Å²) in [5.74, 6) is 0.917. The predicted molar refractivity (Wildman–Crippen MR) is 78.2 cm³/mol. The summed E-state index contributed by atoms with van der Waals surface area (Å²) in [6, 6.07) is 7.21. The Balaban J connectivity index is 2.61. The second-order valence-electron chi connectivity index (χ2n) is 5.38. The molecule has 0 spiro atoms. The normalized spacial score (nSPS) is 12.9. The van der Waals surface area contributed by atoms with E-state index in [1.807, 2.05) is 12.1 Å². The minimum atomic E-state index is -2.77. The van der Waals surface area contributed by atoms with Gasteiger partial charge in [0.2, 0.25) is 0 Å². The van der Waals surface area contributed by atoms with E-state index in [9.17, 15) is 8.78 Å². The summed E-state index contributed by atoms with van der Waals surface area (Å²) in [5.41, 5.74) is 1.12. The number of alkyl halides is 2. The lowest BCUT2D eigenvalue weighted by atomic mass is 9.98. The quantitative estimate of drug-likeness (QED) is 0.706. The number of hydrogen-bond acceptors (Lipinski definition) is 2. The topological polar surface area (TPSA) is 21.3 Å². The maximum Gasteiger partial charge on any atom is 0.387 e. The van der Waals surface area contributed by atoms with E-state index in [1.165, 1.54) is 6.42 Å². The van der Waals surface area contributed by atoms with Crippen molar-refractivity contribution in [2.45, 2.75) is 52.7 Å². The summed E-state index contributed by atoms with van der Waals surface area (Å²) < 4.78 is 28.6. The molecule has 0 saturated carbocycles. The van der Waals surface area contributed by atoms with Crippen LogP contribution in [-0.2, 0) is 0 Å². The summed E-state index contributed by atoms with van der Waals surface area (Å²) in [5, 5.41) is 3.44. The van der Waals surface area contributed by atoms with E-state index in [2.05, 4.69) is 30.8 Å². The van der Waals surface area contributed by atoms with Gasteiger partial charge in [0.1, 0.15) is 5.75 Å². The lowest BCUT2D eigenvalue weighted by Crippen LogP contribution is -2.21. The third kappa shape index (κ3) is 6.33. The molecule has 1 N–H and O–H groups in total. The Labute approximate surface area is 120 Å². The van der Waals surface area contributed by atoms with Gasteiger partial charge in [0.25, 0.3) is 0 Å². The van der Waals surface area contributed by atoms with E-state index < -0.39 is 6.61 Å². The highest BCUT2D eigenvalue weighted by Gasteiger charge is 2.11. The lowest BCUT2D eigenvalue weighted by Gasteiger charge is -2.19. The van der Waals surface area contributed by atoms with Crippen molar-refractivity contribution in [3.05, 3.63) is 29.8 Å². The van der Waals surface area contributed by atoms with Crippen molar-refractivity contribution in [3.63, 3.8) is 0 Å². The molecule has 4 heteroatoms. The molecule has 0 radical (unpaired) electrons. The van der Waals surface area contributed by atoms with Crippen LogP contribution in [-0.4, -0.2) is 13.2 Å². The Morgan fingerprint density at radius 1 is 1.10 bits per heavy atom.